The second-order valence-corrected chi connectivity index (χ2v) is 5.79. The molecule has 1 aliphatic rings. The van der Waals surface area contributed by atoms with Crippen LogP contribution in [0.2, 0.25) is 0 Å². The molecule has 1 aromatic carbocycles. The fraction of sp³-hybridized carbons (Fsp3) is 0.385. The van der Waals surface area contributed by atoms with Gasteiger partial charge in [-0.3, -0.25) is 9.59 Å². The summed E-state index contributed by atoms with van der Waals surface area (Å²) in [5.41, 5.74) is 0.763. The van der Waals surface area contributed by atoms with E-state index < -0.39 is 5.97 Å². The molecule has 1 fully saturated rings. The number of halogens is 1. The summed E-state index contributed by atoms with van der Waals surface area (Å²) in [5.74, 6) is -1.40. The Morgan fingerprint density at radius 3 is 2.33 bits per heavy atom. The molecule has 96 valence electrons. The van der Waals surface area contributed by atoms with Gasteiger partial charge >= 0.3 is 5.97 Å². The first-order chi connectivity index (χ1) is 8.56. The van der Waals surface area contributed by atoms with Crippen molar-refractivity contribution in [2.24, 2.45) is 11.8 Å². The molecule has 1 aliphatic carbocycles. The molecule has 2 N–H and O–H groups in total. The van der Waals surface area contributed by atoms with Crippen LogP contribution >= 0.6 is 22.6 Å². The van der Waals surface area contributed by atoms with Crippen molar-refractivity contribution in [2.45, 2.75) is 19.3 Å². The Bertz CT molecular complexity index is 458. The van der Waals surface area contributed by atoms with Crippen LogP contribution in [-0.4, -0.2) is 17.0 Å². The molecule has 18 heavy (non-hydrogen) atoms. The fourth-order valence-electron chi connectivity index (χ4n) is 2.22. The second-order valence-electron chi connectivity index (χ2n) is 4.54. The van der Waals surface area contributed by atoms with Crippen molar-refractivity contribution in [1.29, 1.82) is 0 Å². The van der Waals surface area contributed by atoms with Gasteiger partial charge in [-0.05, 0) is 66.1 Å². The minimum atomic E-state index is -0.792. The lowest BCUT2D eigenvalue weighted by Crippen LogP contribution is -2.21. The smallest absolute Gasteiger partial charge is 0.306 e. The highest BCUT2D eigenvalue weighted by Gasteiger charge is 2.33. The highest BCUT2D eigenvalue weighted by molar-refractivity contribution is 14.1. The molecule has 0 spiro atoms. The lowest BCUT2D eigenvalue weighted by atomic mass is 10.0. The summed E-state index contributed by atoms with van der Waals surface area (Å²) in [6, 6.07) is 7.54. The van der Waals surface area contributed by atoms with E-state index in [9.17, 15) is 9.59 Å². The number of hydrogen-bond acceptors (Lipinski definition) is 2. The van der Waals surface area contributed by atoms with Gasteiger partial charge in [-0.1, -0.05) is 0 Å². The molecule has 0 heterocycles. The zero-order valence-electron chi connectivity index (χ0n) is 9.73. The minimum absolute atomic E-state index is 0.0695. The Hall–Kier alpha value is -1.11. The van der Waals surface area contributed by atoms with E-state index in [1.165, 1.54) is 0 Å². The molecule has 0 aliphatic heterocycles. The van der Waals surface area contributed by atoms with Gasteiger partial charge in [0.05, 0.1) is 5.92 Å². The topological polar surface area (TPSA) is 66.4 Å². The Morgan fingerprint density at radius 1 is 1.17 bits per heavy atom. The van der Waals surface area contributed by atoms with Crippen LogP contribution in [0.15, 0.2) is 24.3 Å². The summed E-state index contributed by atoms with van der Waals surface area (Å²) in [7, 11) is 0. The summed E-state index contributed by atoms with van der Waals surface area (Å²) in [6.45, 7) is 0. The van der Waals surface area contributed by atoms with E-state index in [4.69, 9.17) is 5.11 Å². The van der Waals surface area contributed by atoms with E-state index >= 15 is 0 Å². The van der Waals surface area contributed by atoms with Crippen LogP contribution in [0.5, 0.6) is 0 Å². The molecule has 2 rings (SSSR count). The maximum atomic E-state index is 12.0. The summed E-state index contributed by atoms with van der Waals surface area (Å²) >= 11 is 2.20. The van der Waals surface area contributed by atoms with Crippen molar-refractivity contribution < 1.29 is 14.7 Å². The Kier molecular flexibility index (Phi) is 4.21. The first kappa shape index (κ1) is 13.3. The molecule has 0 aromatic heterocycles. The summed E-state index contributed by atoms with van der Waals surface area (Å²) < 4.78 is 1.11. The maximum Gasteiger partial charge on any atom is 0.306 e. The number of carbonyl (C=O) groups is 2. The van der Waals surface area contributed by atoms with Gasteiger partial charge in [-0.15, -0.1) is 0 Å². The van der Waals surface area contributed by atoms with Gasteiger partial charge in [0, 0.05) is 15.2 Å². The minimum Gasteiger partial charge on any atom is -0.481 e. The van der Waals surface area contributed by atoms with Gasteiger partial charge in [0.15, 0.2) is 0 Å². The number of rotatable bonds is 3. The number of anilines is 1. The molecule has 2 atom stereocenters. The molecule has 1 aromatic rings. The molecule has 0 radical (unpaired) electrons. The third-order valence-corrected chi connectivity index (χ3v) is 3.98. The normalized spacial score (nSPS) is 22.7. The van der Waals surface area contributed by atoms with Crippen LogP contribution in [-0.2, 0) is 9.59 Å². The van der Waals surface area contributed by atoms with Crippen molar-refractivity contribution in [1.82, 2.24) is 0 Å². The van der Waals surface area contributed by atoms with E-state index in [1.54, 1.807) is 0 Å². The van der Waals surface area contributed by atoms with Gasteiger partial charge in [0.2, 0.25) is 5.91 Å². The van der Waals surface area contributed by atoms with Gasteiger partial charge in [-0.25, -0.2) is 0 Å². The maximum absolute atomic E-state index is 12.0. The van der Waals surface area contributed by atoms with Gasteiger partial charge in [0.1, 0.15) is 0 Å². The van der Waals surface area contributed by atoms with E-state index in [1.807, 2.05) is 24.3 Å². The van der Waals surface area contributed by atoms with Crippen molar-refractivity contribution in [3.63, 3.8) is 0 Å². The Labute approximate surface area is 119 Å². The molecular weight excluding hydrogens is 345 g/mol. The predicted molar refractivity (Wildman–Crippen MR) is 76.3 cm³/mol. The average molecular weight is 359 g/mol. The first-order valence-electron chi connectivity index (χ1n) is 5.85. The molecule has 0 saturated heterocycles. The number of benzene rings is 1. The van der Waals surface area contributed by atoms with E-state index in [0.717, 1.165) is 9.26 Å². The van der Waals surface area contributed by atoms with Gasteiger partial charge in [-0.2, -0.15) is 0 Å². The Balaban J connectivity index is 1.93. The molecule has 5 heteroatoms. The standard InChI is InChI=1S/C13H14INO3/c14-10-3-5-11(6-4-10)15-12(16)8-1-2-9(7-8)13(17)18/h3-6,8-9H,1-2,7H2,(H,15,16)(H,17,18)/t8-,9+/m1/s1. The number of hydrogen-bond donors (Lipinski definition) is 2. The lowest BCUT2D eigenvalue weighted by molar-refractivity contribution is -0.141. The molecule has 1 amide bonds. The molecule has 4 nitrogen and oxygen atoms in total. The second kappa shape index (κ2) is 5.69. The molecule has 0 bridgehead atoms. The number of nitrogens with one attached hydrogen (secondary N) is 1. The van der Waals surface area contributed by atoms with Crippen LogP contribution in [0.4, 0.5) is 5.69 Å². The molecule has 0 unspecified atom stereocenters. The Morgan fingerprint density at radius 2 is 1.78 bits per heavy atom. The summed E-state index contributed by atoms with van der Waals surface area (Å²) in [6.07, 6.45) is 1.71. The van der Waals surface area contributed by atoms with E-state index in [-0.39, 0.29) is 17.7 Å². The predicted octanol–water partition coefficient (Wildman–Crippen LogP) is 2.73. The number of amides is 1. The van der Waals surface area contributed by atoms with E-state index in [0.29, 0.717) is 19.3 Å². The molecular formula is C13H14INO3. The summed E-state index contributed by atoms with van der Waals surface area (Å²) in [4.78, 5) is 22.8. The van der Waals surface area contributed by atoms with E-state index in [2.05, 4.69) is 27.9 Å². The monoisotopic (exact) mass is 359 g/mol. The van der Waals surface area contributed by atoms with Crippen LogP contribution in [0.1, 0.15) is 19.3 Å². The number of carboxylic acid groups (broad SMARTS) is 1. The van der Waals surface area contributed by atoms with Crippen molar-refractivity contribution in [3.8, 4) is 0 Å². The third-order valence-electron chi connectivity index (χ3n) is 3.26. The van der Waals surface area contributed by atoms with Crippen LogP contribution in [0, 0.1) is 15.4 Å². The van der Waals surface area contributed by atoms with Crippen LogP contribution < -0.4 is 5.32 Å². The number of aliphatic carboxylic acids is 1. The fourth-order valence-corrected chi connectivity index (χ4v) is 2.58. The van der Waals surface area contributed by atoms with Crippen molar-refractivity contribution in [3.05, 3.63) is 27.8 Å². The SMILES string of the molecule is O=C(O)[C@H]1CC[C@@H](C(=O)Nc2ccc(I)cc2)C1. The zero-order valence-corrected chi connectivity index (χ0v) is 11.9. The van der Waals surface area contributed by atoms with Crippen molar-refractivity contribution in [2.75, 3.05) is 5.32 Å². The highest BCUT2D eigenvalue weighted by atomic mass is 127. The lowest BCUT2D eigenvalue weighted by Gasteiger charge is -2.10. The van der Waals surface area contributed by atoms with Crippen LogP contribution in [0.25, 0.3) is 0 Å². The quantitative estimate of drug-likeness (QED) is 0.816. The van der Waals surface area contributed by atoms with Gasteiger partial charge < -0.3 is 10.4 Å². The third kappa shape index (κ3) is 3.22. The first-order valence-corrected chi connectivity index (χ1v) is 6.93. The molecule has 1 saturated carbocycles. The largest absolute Gasteiger partial charge is 0.481 e. The number of carboxylic acids is 1. The summed E-state index contributed by atoms with van der Waals surface area (Å²) in [5, 5.41) is 11.7. The highest BCUT2D eigenvalue weighted by Crippen LogP contribution is 2.31. The van der Waals surface area contributed by atoms with Gasteiger partial charge in [0.25, 0.3) is 0 Å². The average Bonchev–Trinajstić information content (AvgIpc) is 2.81. The van der Waals surface area contributed by atoms with Crippen molar-refractivity contribution >= 4 is 40.2 Å². The zero-order chi connectivity index (χ0) is 13.1. The van der Waals surface area contributed by atoms with Crippen LogP contribution in [0.3, 0.4) is 0 Å². The number of carbonyl (C=O) groups excluding carboxylic acids is 1.